The molecule has 1 N–H and O–H groups in total. The van der Waals surface area contributed by atoms with Crippen molar-refractivity contribution in [2.24, 2.45) is 0 Å². The fourth-order valence-corrected chi connectivity index (χ4v) is 6.09. The predicted molar refractivity (Wildman–Crippen MR) is 122 cm³/mol. The van der Waals surface area contributed by atoms with Crippen LogP contribution in [0.25, 0.3) is 31.0 Å². The second-order valence-electron chi connectivity index (χ2n) is 6.65. The van der Waals surface area contributed by atoms with Gasteiger partial charge in [-0.25, -0.2) is 9.78 Å². The fraction of sp³-hybridized carbons (Fsp3) is 0.190. The predicted octanol–water partition coefficient (Wildman–Crippen LogP) is 4.61. The van der Waals surface area contributed by atoms with E-state index in [4.69, 9.17) is 9.72 Å². The van der Waals surface area contributed by atoms with Crippen molar-refractivity contribution in [3.8, 4) is 16.5 Å². The Bertz CT molecular complexity index is 1350. The summed E-state index contributed by atoms with van der Waals surface area (Å²) >= 11 is 4.29. The first-order valence-electron chi connectivity index (χ1n) is 9.32. The molecule has 1 aromatic carbocycles. The van der Waals surface area contributed by atoms with Crippen LogP contribution in [0.4, 0.5) is 0 Å². The minimum absolute atomic E-state index is 0.0789. The first kappa shape index (κ1) is 19.3. The molecule has 4 aromatic rings. The number of benzene rings is 1. The zero-order valence-corrected chi connectivity index (χ0v) is 18.1. The number of esters is 1. The van der Waals surface area contributed by atoms with Gasteiger partial charge >= 0.3 is 5.97 Å². The SMILES string of the molecule is O=C(OCCn1c(-c2cccs2)nc2sc3c(O)cccc3c2c1=O)C1=CCCS1. The topological polar surface area (TPSA) is 81.4 Å². The number of phenols is 1. The minimum atomic E-state index is -0.344. The Balaban J connectivity index is 1.58. The Labute approximate surface area is 183 Å². The van der Waals surface area contributed by atoms with E-state index in [0.717, 1.165) is 17.1 Å². The summed E-state index contributed by atoms with van der Waals surface area (Å²) in [6.45, 7) is 0.282. The zero-order chi connectivity index (χ0) is 20.7. The summed E-state index contributed by atoms with van der Waals surface area (Å²) in [5.74, 6) is 1.23. The molecule has 9 heteroatoms. The number of aromatic hydroxyl groups is 1. The number of fused-ring (bicyclic) bond motifs is 3. The van der Waals surface area contributed by atoms with Crippen LogP contribution < -0.4 is 5.56 Å². The lowest BCUT2D eigenvalue weighted by atomic mass is 10.2. The zero-order valence-electron chi connectivity index (χ0n) is 15.7. The number of allylic oxidation sites excluding steroid dienone is 1. The third kappa shape index (κ3) is 3.32. The van der Waals surface area contributed by atoms with Crippen molar-refractivity contribution in [3.63, 3.8) is 0 Å². The lowest BCUT2D eigenvalue weighted by Crippen LogP contribution is -2.25. The van der Waals surface area contributed by atoms with Gasteiger partial charge in [0.05, 0.1) is 26.4 Å². The van der Waals surface area contributed by atoms with E-state index in [1.807, 2.05) is 29.7 Å². The summed E-state index contributed by atoms with van der Waals surface area (Å²) in [5.41, 5.74) is -0.203. The van der Waals surface area contributed by atoms with Crippen molar-refractivity contribution >= 4 is 60.7 Å². The van der Waals surface area contributed by atoms with E-state index in [0.29, 0.717) is 31.0 Å². The lowest BCUT2D eigenvalue weighted by Gasteiger charge is -2.12. The van der Waals surface area contributed by atoms with E-state index in [1.165, 1.54) is 34.4 Å². The van der Waals surface area contributed by atoms with Gasteiger partial charge in [0.15, 0.2) is 5.82 Å². The van der Waals surface area contributed by atoms with Gasteiger partial charge in [-0.05, 0) is 23.9 Å². The van der Waals surface area contributed by atoms with Crippen molar-refractivity contribution in [1.29, 1.82) is 0 Å². The number of carbonyl (C=O) groups excluding carboxylic acids is 1. The normalized spacial score (nSPS) is 13.8. The van der Waals surface area contributed by atoms with Crippen LogP contribution in [0, 0.1) is 0 Å². The molecule has 0 amide bonds. The molecular formula is C21H16N2O4S3. The highest BCUT2D eigenvalue weighted by Crippen LogP contribution is 2.37. The Hall–Kier alpha value is -2.62. The van der Waals surface area contributed by atoms with Crippen LogP contribution in [-0.4, -0.2) is 33.0 Å². The largest absolute Gasteiger partial charge is 0.506 e. The third-order valence-electron chi connectivity index (χ3n) is 4.79. The maximum absolute atomic E-state index is 13.5. The van der Waals surface area contributed by atoms with E-state index in [9.17, 15) is 14.7 Å². The maximum atomic E-state index is 13.5. The first-order valence-corrected chi connectivity index (χ1v) is 12.0. The Morgan fingerprint density at radius 1 is 1.27 bits per heavy atom. The van der Waals surface area contributed by atoms with Crippen molar-refractivity contribution in [3.05, 3.63) is 57.0 Å². The molecule has 0 aliphatic carbocycles. The Kier molecular flexibility index (Phi) is 5.10. The Morgan fingerprint density at radius 2 is 2.17 bits per heavy atom. The van der Waals surface area contributed by atoms with Crippen LogP contribution in [0.2, 0.25) is 0 Å². The highest BCUT2D eigenvalue weighted by atomic mass is 32.2. The molecule has 1 aliphatic rings. The molecule has 0 atom stereocenters. The van der Waals surface area contributed by atoms with Gasteiger partial charge in [0.1, 0.15) is 17.2 Å². The van der Waals surface area contributed by atoms with E-state index in [1.54, 1.807) is 16.7 Å². The number of ether oxygens (including phenoxy) is 1. The monoisotopic (exact) mass is 456 g/mol. The van der Waals surface area contributed by atoms with Gasteiger partial charge in [0, 0.05) is 11.1 Å². The highest BCUT2D eigenvalue weighted by Gasteiger charge is 2.20. The van der Waals surface area contributed by atoms with Crippen molar-refractivity contribution in [2.45, 2.75) is 13.0 Å². The molecule has 152 valence electrons. The molecule has 0 saturated carbocycles. The molecule has 6 nitrogen and oxygen atoms in total. The van der Waals surface area contributed by atoms with Crippen molar-refractivity contribution in [2.75, 3.05) is 12.4 Å². The molecule has 0 spiro atoms. The molecule has 0 saturated heterocycles. The van der Waals surface area contributed by atoms with Gasteiger partial charge in [-0.3, -0.25) is 9.36 Å². The molecule has 0 unspecified atom stereocenters. The smallest absolute Gasteiger partial charge is 0.344 e. The van der Waals surface area contributed by atoms with E-state index < -0.39 is 0 Å². The summed E-state index contributed by atoms with van der Waals surface area (Å²) in [5, 5.41) is 13.3. The quantitative estimate of drug-likeness (QED) is 0.442. The number of phenolic OH excluding ortho intramolecular Hbond substituents is 1. The molecule has 4 heterocycles. The number of hydrogen-bond acceptors (Lipinski definition) is 8. The number of carbonyl (C=O) groups is 1. The van der Waals surface area contributed by atoms with Gasteiger partial charge < -0.3 is 9.84 Å². The molecule has 30 heavy (non-hydrogen) atoms. The van der Waals surface area contributed by atoms with Crippen LogP contribution >= 0.6 is 34.4 Å². The standard InChI is InChI=1S/C21H16N2O4S3/c24-13-5-1-4-12-16-19(30-17(12)13)22-18(14-6-2-10-28-14)23(20(16)25)8-9-27-21(26)15-7-3-11-29-15/h1-2,4-7,10,24H,3,8-9,11H2. The number of aromatic nitrogens is 2. The number of nitrogens with zero attached hydrogens (tertiary/aromatic N) is 2. The second-order valence-corrected chi connectivity index (χ2v) is 9.73. The third-order valence-corrected chi connectivity index (χ3v) is 7.87. The summed E-state index contributed by atoms with van der Waals surface area (Å²) in [4.78, 5) is 32.5. The molecule has 1 aliphatic heterocycles. The fourth-order valence-electron chi connectivity index (χ4n) is 3.43. The van der Waals surface area contributed by atoms with Crippen molar-refractivity contribution < 1.29 is 14.6 Å². The molecule has 0 bridgehead atoms. The molecule has 0 radical (unpaired) electrons. The second kappa shape index (κ2) is 7.90. The average molecular weight is 457 g/mol. The van der Waals surface area contributed by atoms with Gasteiger partial charge in [-0.2, -0.15) is 0 Å². The first-order chi connectivity index (χ1) is 14.6. The van der Waals surface area contributed by atoms with Crippen LogP contribution in [0.3, 0.4) is 0 Å². The summed E-state index contributed by atoms with van der Waals surface area (Å²) in [6.07, 6.45) is 2.75. The Morgan fingerprint density at radius 3 is 2.93 bits per heavy atom. The van der Waals surface area contributed by atoms with Crippen molar-refractivity contribution in [1.82, 2.24) is 9.55 Å². The van der Waals surface area contributed by atoms with Crippen LogP contribution in [0.15, 0.2) is 51.5 Å². The van der Waals surface area contributed by atoms with Gasteiger partial charge in [0.2, 0.25) is 0 Å². The minimum Gasteiger partial charge on any atom is -0.506 e. The van der Waals surface area contributed by atoms with Gasteiger partial charge in [-0.15, -0.1) is 34.4 Å². The number of thiophene rings is 2. The van der Waals surface area contributed by atoms with Gasteiger partial charge in [-0.1, -0.05) is 24.3 Å². The molecule has 5 rings (SSSR count). The van der Waals surface area contributed by atoms with E-state index in [-0.39, 0.29) is 30.4 Å². The summed E-state index contributed by atoms with van der Waals surface area (Å²) in [6, 6.07) is 8.95. The lowest BCUT2D eigenvalue weighted by molar-refractivity contribution is -0.138. The molecular weight excluding hydrogens is 440 g/mol. The van der Waals surface area contributed by atoms with Crippen LogP contribution in [-0.2, 0) is 16.1 Å². The number of thioether (sulfide) groups is 1. The van der Waals surface area contributed by atoms with Crippen LogP contribution in [0.1, 0.15) is 6.42 Å². The van der Waals surface area contributed by atoms with E-state index in [2.05, 4.69) is 0 Å². The molecule has 0 fully saturated rings. The maximum Gasteiger partial charge on any atom is 0.344 e. The molecule has 3 aromatic heterocycles. The highest BCUT2D eigenvalue weighted by molar-refractivity contribution is 8.04. The average Bonchev–Trinajstić information content (AvgIpc) is 3.50. The van der Waals surface area contributed by atoms with Crippen LogP contribution in [0.5, 0.6) is 5.75 Å². The summed E-state index contributed by atoms with van der Waals surface area (Å²) in [7, 11) is 0. The van der Waals surface area contributed by atoms with E-state index >= 15 is 0 Å². The number of rotatable bonds is 5. The summed E-state index contributed by atoms with van der Waals surface area (Å²) < 4.78 is 7.61. The van der Waals surface area contributed by atoms with Gasteiger partial charge in [0.25, 0.3) is 5.56 Å². The number of hydrogen-bond donors (Lipinski definition) is 1.